The molecule has 3 aromatic heterocycles. The summed E-state index contributed by atoms with van der Waals surface area (Å²) in [5, 5.41) is 17.4. The highest BCUT2D eigenvalue weighted by Gasteiger charge is 2.63. The average Bonchev–Trinajstić information content (AvgIpc) is 3.94. The number of H-pyrrole nitrogens is 2. The average molecular weight is 1100 g/mol. The second-order valence-corrected chi connectivity index (χ2v) is 24.4. The van der Waals surface area contributed by atoms with E-state index in [-0.39, 0.29) is 40.7 Å². The van der Waals surface area contributed by atoms with Gasteiger partial charge in [-0.1, -0.05) is 0 Å². The Bertz CT molecular complexity index is 2040. The number of hydrogen-bond acceptors (Lipinski definition) is 16. The van der Waals surface area contributed by atoms with Crippen molar-refractivity contribution < 1.29 is 61.3 Å². The highest BCUT2D eigenvalue weighted by molar-refractivity contribution is 9.10. The van der Waals surface area contributed by atoms with Crippen molar-refractivity contribution in [2.45, 2.75) is 217 Å². The third kappa shape index (κ3) is 18.7. The number of aromatic nitrogens is 6. The van der Waals surface area contributed by atoms with Crippen LogP contribution in [0.15, 0.2) is 27.5 Å². The van der Waals surface area contributed by atoms with Crippen LogP contribution in [0.2, 0.25) is 0 Å². The van der Waals surface area contributed by atoms with E-state index in [0.717, 1.165) is 31.5 Å². The standard InChI is InChI=1S/C12H24B2O4.C10H17BN2O2.C10H18O5.C9H13BrN2O2.C4H5BrN2/c1-9(2)10(3,4)16-13(15-9)14-17-11(5,6)12(7,8)18-14;1-7-8(6-12-13-7)11-14-9(2,3)10(4,5)15-11;1-9(2,3)14-7(11)13-8(12)15-10(4,5)6;1-6-7(10)5-12(11-6)8(13)14-9(2,3)4;1-3-4(5)2-6-7-3/h1-8H3;6H,1-5H3,(H,12,13);1-6H3;5H,1-4H3;2H,1H3,(H,6,7). The zero-order valence-electron chi connectivity index (χ0n) is 45.3. The molecular formula is C45H77B3Br2N6O13. The fourth-order valence-corrected chi connectivity index (χ4v) is 5.82. The summed E-state index contributed by atoms with van der Waals surface area (Å²) in [5.41, 5.74) is -0.104. The van der Waals surface area contributed by atoms with Gasteiger partial charge in [-0.05, 0) is 198 Å². The Kier molecular flexibility index (Phi) is 20.3. The summed E-state index contributed by atoms with van der Waals surface area (Å²) in [6, 6.07) is 0. The van der Waals surface area contributed by atoms with Gasteiger partial charge < -0.3 is 46.9 Å². The molecule has 3 aliphatic rings. The maximum absolute atomic E-state index is 11.5. The number of nitrogens with zero attached hydrogens (tertiary/aromatic N) is 4. The molecule has 3 aliphatic heterocycles. The van der Waals surface area contributed by atoms with Crippen LogP contribution in [-0.2, 0) is 46.9 Å². The van der Waals surface area contributed by atoms with E-state index in [2.05, 4.69) is 62.1 Å². The predicted molar refractivity (Wildman–Crippen MR) is 272 cm³/mol. The Labute approximate surface area is 427 Å². The summed E-state index contributed by atoms with van der Waals surface area (Å²) in [7, 11) is -1.26. The molecule has 69 heavy (non-hydrogen) atoms. The van der Waals surface area contributed by atoms with E-state index in [9.17, 15) is 14.4 Å². The summed E-state index contributed by atoms with van der Waals surface area (Å²) in [4.78, 5) is 33.5. The van der Waals surface area contributed by atoms with Crippen LogP contribution in [0.4, 0.5) is 14.4 Å². The molecule has 0 radical (unpaired) electrons. The van der Waals surface area contributed by atoms with E-state index in [4.69, 9.17) is 42.1 Å². The van der Waals surface area contributed by atoms with Crippen LogP contribution in [0.5, 0.6) is 0 Å². The highest BCUT2D eigenvalue weighted by atomic mass is 79.9. The van der Waals surface area contributed by atoms with Crippen LogP contribution in [0.25, 0.3) is 0 Å². The molecule has 3 saturated heterocycles. The van der Waals surface area contributed by atoms with Crippen LogP contribution in [-0.4, -0.2) is 120 Å². The van der Waals surface area contributed by atoms with E-state index in [1.165, 1.54) is 4.68 Å². The lowest BCUT2D eigenvalue weighted by Crippen LogP contribution is -2.41. The zero-order valence-corrected chi connectivity index (χ0v) is 48.5. The number of aromatic amines is 2. The largest absolute Gasteiger partial charge is 0.519 e. The Balaban J connectivity index is 0.000000302. The summed E-state index contributed by atoms with van der Waals surface area (Å²) < 4.78 is 57.6. The summed E-state index contributed by atoms with van der Waals surface area (Å²) in [6.07, 6.45) is 2.50. The normalized spacial score (nSPS) is 19.3. The SMILES string of the molecule is CC(C)(C)OC(=O)OC(=O)OC(C)(C)C.CC1(C)OB(B2OC(C)(C)C(C)(C)O2)OC1(C)C.Cc1[nH]ncc1B1OC(C)(C)C(C)(C)O1.Cc1[nH]ncc1Br.Cc1nn(C(=O)OC(C)(C)C)cc1Br. The maximum atomic E-state index is 11.5. The molecule has 0 atom stereocenters. The van der Waals surface area contributed by atoms with Gasteiger partial charge in [-0.3, -0.25) is 10.2 Å². The van der Waals surface area contributed by atoms with Gasteiger partial charge in [0.25, 0.3) is 0 Å². The van der Waals surface area contributed by atoms with E-state index in [1.807, 2.05) is 125 Å². The zero-order chi connectivity index (χ0) is 53.7. The highest BCUT2D eigenvalue weighted by Crippen LogP contribution is 2.43. The number of ether oxygens (including phenoxy) is 4. The number of aryl methyl sites for hydroxylation is 3. The first kappa shape index (κ1) is 61.9. The molecular weight excluding hydrogens is 1020 g/mol. The van der Waals surface area contributed by atoms with Gasteiger partial charge in [-0.25, -0.2) is 14.4 Å². The topological polar surface area (TPSA) is 219 Å². The van der Waals surface area contributed by atoms with Gasteiger partial charge in [0.05, 0.1) is 60.6 Å². The minimum absolute atomic E-state index is 0.290. The van der Waals surface area contributed by atoms with E-state index < -0.39 is 49.2 Å². The van der Waals surface area contributed by atoms with Crippen molar-refractivity contribution in [2.75, 3.05) is 0 Å². The van der Waals surface area contributed by atoms with Crippen molar-refractivity contribution in [3.63, 3.8) is 0 Å². The Morgan fingerprint density at radius 2 is 0.899 bits per heavy atom. The molecule has 2 N–H and O–H groups in total. The number of carbonyl (C=O) groups excluding carboxylic acids is 3. The second kappa shape index (κ2) is 22.7. The Morgan fingerprint density at radius 1 is 0.551 bits per heavy atom. The van der Waals surface area contributed by atoms with Crippen LogP contribution < -0.4 is 5.46 Å². The van der Waals surface area contributed by atoms with Crippen LogP contribution in [0, 0.1) is 20.8 Å². The molecule has 6 heterocycles. The first-order valence-corrected chi connectivity index (χ1v) is 24.2. The summed E-state index contributed by atoms with van der Waals surface area (Å²) >= 11 is 6.54. The molecule has 0 bridgehead atoms. The summed E-state index contributed by atoms with van der Waals surface area (Å²) in [5.74, 6) is 0. The lowest BCUT2D eigenvalue weighted by Gasteiger charge is -2.32. The Morgan fingerprint density at radius 3 is 1.16 bits per heavy atom. The monoisotopic (exact) mass is 1100 g/mol. The minimum atomic E-state index is -1.06. The van der Waals surface area contributed by atoms with E-state index in [1.54, 1.807) is 60.1 Å². The van der Waals surface area contributed by atoms with E-state index >= 15 is 0 Å². The first-order valence-electron chi connectivity index (χ1n) is 22.6. The van der Waals surface area contributed by atoms with Crippen molar-refractivity contribution in [3.05, 3.63) is 44.6 Å². The number of hydrogen-bond donors (Lipinski definition) is 2. The quantitative estimate of drug-likeness (QED) is 0.106. The minimum Gasteiger partial charge on any atom is -0.442 e. The molecule has 0 saturated carbocycles. The van der Waals surface area contributed by atoms with Gasteiger partial charge in [-0.2, -0.15) is 20.0 Å². The van der Waals surface area contributed by atoms with Crippen LogP contribution in [0.3, 0.4) is 0 Å². The van der Waals surface area contributed by atoms with Gasteiger partial charge in [0.15, 0.2) is 0 Å². The third-order valence-corrected chi connectivity index (χ3v) is 12.9. The van der Waals surface area contributed by atoms with Crippen molar-refractivity contribution in [1.82, 2.24) is 30.2 Å². The lowest BCUT2D eigenvalue weighted by molar-refractivity contribution is -0.0294. The first-order chi connectivity index (χ1) is 30.8. The third-order valence-electron chi connectivity index (χ3n) is 11.3. The molecule has 0 aromatic carbocycles. The molecule has 3 fully saturated rings. The molecule has 0 unspecified atom stereocenters. The molecule has 19 nitrogen and oxygen atoms in total. The lowest BCUT2D eigenvalue weighted by atomic mass is 9.49. The van der Waals surface area contributed by atoms with Gasteiger partial charge in [0.2, 0.25) is 0 Å². The molecule has 0 spiro atoms. The number of halogens is 2. The van der Waals surface area contributed by atoms with Crippen molar-refractivity contribution >= 4 is 76.9 Å². The summed E-state index contributed by atoms with van der Waals surface area (Å²) in [6.45, 7) is 45.6. The second-order valence-electron chi connectivity index (χ2n) is 22.6. The van der Waals surface area contributed by atoms with Crippen LogP contribution in [0.1, 0.15) is 162 Å². The Hall–Kier alpha value is -3.25. The van der Waals surface area contributed by atoms with E-state index in [0.29, 0.717) is 0 Å². The number of carbonyl (C=O) groups is 3. The maximum Gasteiger partial charge on any atom is 0.519 e. The van der Waals surface area contributed by atoms with Crippen LogP contribution >= 0.6 is 31.9 Å². The smallest absolute Gasteiger partial charge is 0.442 e. The molecule has 388 valence electrons. The van der Waals surface area contributed by atoms with Gasteiger partial charge >= 0.3 is 39.5 Å². The van der Waals surface area contributed by atoms with Gasteiger partial charge in [-0.15, -0.1) is 0 Å². The molecule has 6 rings (SSSR count). The number of nitrogens with one attached hydrogen (secondary N) is 2. The molecule has 0 amide bonds. The fraction of sp³-hybridized carbons (Fsp3) is 0.733. The molecule has 0 aliphatic carbocycles. The van der Waals surface area contributed by atoms with Gasteiger partial charge in [0.1, 0.15) is 16.8 Å². The molecule has 3 aromatic rings. The van der Waals surface area contributed by atoms with Crippen molar-refractivity contribution in [3.8, 4) is 0 Å². The molecule has 24 heteroatoms. The van der Waals surface area contributed by atoms with Crippen molar-refractivity contribution in [2.24, 2.45) is 0 Å². The number of rotatable bonds is 2. The fourth-order valence-electron chi connectivity index (χ4n) is 5.35. The van der Waals surface area contributed by atoms with Crippen molar-refractivity contribution in [1.29, 1.82) is 0 Å². The van der Waals surface area contributed by atoms with Gasteiger partial charge in [0, 0.05) is 23.0 Å². The predicted octanol–water partition coefficient (Wildman–Crippen LogP) is 10.4.